The van der Waals surface area contributed by atoms with Crippen LogP contribution in [0.2, 0.25) is 0 Å². The number of para-hydroxylation sites is 2. The van der Waals surface area contributed by atoms with Gasteiger partial charge in [0.15, 0.2) is 11.2 Å². The summed E-state index contributed by atoms with van der Waals surface area (Å²) in [7, 11) is 0. The number of rotatable bonds is 3. The molecule has 2 aliphatic rings. The number of fused-ring (bicyclic) bond motifs is 1. The van der Waals surface area contributed by atoms with Gasteiger partial charge in [0, 0.05) is 26.2 Å². The topological polar surface area (TPSA) is 96.2 Å². The number of amides is 3. The van der Waals surface area contributed by atoms with Crippen molar-refractivity contribution in [3.8, 4) is 0 Å². The van der Waals surface area contributed by atoms with Gasteiger partial charge in [0.2, 0.25) is 5.91 Å². The van der Waals surface area contributed by atoms with Crippen LogP contribution in [-0.2, 0) is 14.3 Å². The Kier molecular flexibility index (Phi) is 4.01. The molecule has 0 bridgehead atoms. The van der Waals surface area contributed by atoms with E-state index in [9.17, 15) is 14.4 Å². The van der Waals surface area contributed by atoms with Crippen molar-refractivity contribution in [3.05, 3.63) is 24.3 Å². The molecule has 9 heteroatoms. The van der Waals surface area contributed by atoms with Crippen LogP contribution in [0.25, 0.3) is 11.1 Å². The lowest BCUT2D eigenvalue weighted by molar-refractivity contribution is -0.140. The van der Waals surface area contributed by atoms with E-state index in [1.807, 2.05) is 29.2 Å². The Morgan fingerprint density at radius 1 is 1.15 bits per heavy atom. The zero-order chi connectivity index (χ0) is 19.2. The minimum Gasteiger partial charge on any atom is -0.433 e. The van der Waals surface area contributed by atoms with Crippen molar-refractivity contribution in [3.63, 3.8) is 0 Å². The first-order chi connectivity index (χ1) is 12.8. The van der Waals surface area contributed by atoms with Crippen LogP contribution >= 0.6 is 0 Å². The summed E-state index contributed by atoms with van der Waals surface area (Å²) in [6, 6.07) is 8.06. The third-order valence-electron chi connectivity index (χ3n) is 4.80. The van der Waals surface area contributed by atoms with Crippen molar-refractivity contribution in [2.45, 2.75) is 19.4 Å². The van der Waals surface area contributed by atoms with Gasteiger partial charge in [0.05, 0.1) is 0 Å². The van der Waals surface area contributed by atoms with Crippen LogP contribution in [0, 0.1) is 0 Å². The Morgan fingerprint density at radius 2 is 1.85 bits per heavy atom. The van der Waals surface area contributed by atoms with Gasteiger partial charge in [-0.3, -0.25) is 9.59 Å². The molecule has 1 aromatic heterocycles. The molecule has 0 saturated carbocycles. The monoisotopic (exact) mass is 372 g/mol. The third kappa shape index (κ3) is 3.09. The van der Waals surface area contributed by atoms with Crippen molar-refractivity contribution in [1.82, 2.24) is 14.8 Å². The molecule has 2 aromatic rings. The van der Waals surface area contributed by atoms with Gasteiger partial charge in [-0.2, -0.15) is 4.98 Å². The van der Waals surface area contributed by atoms with Crippen molar-refractivity contribution in [1.29, 1.82) is 0 Å². The summed E-state index contributed by atoms with van der Waals surface area (Å²) in [6.07, 6.45) is -0.775. The molecule has 4 rings (SSSR count). The van der Waals surface area contributed by atoms with Crippen LogP contribution in [-0.4, -0.2) is 71.0 Å². The smallest absolute Gasteiger partial charge is 0.418 e. The lowest BCUT2D eigenvalue weighted by Gasteiger charge is -2.34. The molecule has 1 aromatic carbocycles. The van der Waals surface area contributed by atoms with Crippen LogP contribution in [0.5, 0.6) is 0 Å². The van der Waals surface area contributed by atoms with Crippen molar-refractivity contribution >= 4 is 35.0 Å². The number of anilines is 1. The highest BCUT2D eigenvalue weighted by molar-refractivity contribution is 6.04. The molecular formula is C18H20N4O5. The number of aromatic nitrogens is 1. The molecule has 3 heterocycles. The average molecular weight is 372 g/mol. The highest BCUT2D eigenvalue weighted by Crippen LogP contribution is 2.24. The number of cyclic esters (lactones) is 1. The van der Waals surface area contributed by atoms with E-state index in [0.717, 1.165) is 16.0 Å². The maximum Gasteiger partial charge on any atom is 0.418 e. The van der Waals surface area contributed by atoms with E-state index < -0.39 is 17.6 Å². The molecule has 0 atom stereocenters. The Bertz CT molecular complexity index is 880. The van der Waals surface area contributed by atoms with Gasteiger partial charge in [-0.25, -0.2) is 9.69 Å². The second-order valence-electron chi connectivity index (χ2n) is 7.10. The molecule has 0 unspecified atom stereocenters. The van der Waals surface area contributed by atoms with Gasteiger partial charge < -0.3 is 19.0 Å². The maximum atomic E-state index is 12.5. The van der Waals surface area contributed by atoms with Gasteiger partial charge in [-0.1, -0.05) is 12.1 Å². The summed E-state index contributed by atoms with van der Waals surface area (Å²) >= 11 is 0. The highest BCUT2D eigenvalue weighted by atomic mass is 16.6. The molecule has 0 radical (unpaired) electrons. The zero-order valence-electron chi connectivity index (χ0n) is 15.2. The summed E-state index contributed by atoms with van der Waals surface area (Å²) in [5.74, 6) is -0.777. The minimum atomic E-state index is -1.22. The number of carbonyl (C=O) groups excluding carboxylic acids is 3. The number of ether oxygens (including phenoxy) is 1. The van der Waals surface area contributed by atoms with Crippen molar-refractivity contribution < 1.29 is 23.5 Å². The number of oxazole rings is 1. The summed E-state index contributed by atoms with van der Waals surface area (Å²) < 4.78 is 10.8. The van der Waals surface area contributed by atoms with Crippen LogP contribution in [0.15, 0.2) is 28.7 Å². The molecule has 0 aliphatic carbocycles. The molecule has 142 valence electrons. The van der Waals surface area contributed by atoms with E-state index in [1.165, 1.54) is 13.8 Å². The fourth-order valence-corrected chi connectivity index (χ4v) is 3.24. The van der Waals surface area contributed by atoms with E-state index in [-0.39, 0.29) is 12.5 Å². The van der Waals surface area contributed by atoms with Crippen LogP contribution in [0.4, 0.5) is 10.8 Å². The Labute approximate surface area is 155 Å². The van der Waals surface area contributed by atoms with Crippen LogP contribution in [0.1, 0.15) is 13.8 Å². The molecule has 0 N–H and O–H groups in total. The van der Waals surface area contributed by atoms with E-state index in [4.69, 9.17) is 9.15 Å². The summed E-state index contributed by atoms with van der Waals surface area (Å²) in [5, 5.41) is 0. The lowest BCUT2D eigenvalue weighted by Crippen LogP contribution is -2.52. The SMILES string of the molecule is CC1(C)OC(=O)N(CC(=O)N2CCN(c3nc4ccccc4o3)CC2)C1=O. The molecule has 0 spiro atoms. The Morgan fingerprint density at radius 3 is 2.48 bits per heavy atom. The zero-order valence-corrected chi connectivity index (χ0v) is 15.2. The fourth-order valence-electron chi connectivity index (χ4n) is 3.24. The van der Waals surface area contributed by atoms with Crippen LogP contribution in [0.3, 0.4) is 0 Å². The van der Waals surface area contributed by atoms with Gasteiger partial charge in [-0.15, -0.1) is 0 Å². The number of imide groups is 1. The predicted octanol–water partition coefficient (Wildman–Crippen LogP) is 1.23. The predicted molar refractivity (Wildman–Crippen MR) is 95.1 cm³/mol. The van der Waals surface area contributed by atoms with Gasteiger partial charge in [0.25, 0.3) is 11.9 Å². The number of carbonyl (C=O) groups is 3. The first-order valence-corrected chi connectivity index (χ1v) is 8.78. The minimum absolute atomic E-state index is 0.282. The number of nitrogens with zero attached hydrogens (tertiary/aromatic N) is 4. The van der Waals surface area contributed by atoms with E-state index in [2.05, 4.69) is 4.98 Å². The molecular weight excluding hydrogens is 352 g/mol. The maximum absolute atomic E-state index is 12.5. The standard InChI is InChI=1S/C18H20N4O5/c1-18(2)15(24)22(17(25)27-18)11-14(23)20-7-9-21(10-8-20)16-19-12-5-3-4-6-13(12)26-16/h3-6H,7-11H2,1-2H3. The number of piperazine rings is 1. The number of hydrogen-bond donors (Lipinski definition) is 0. The number of hydrogen-bond acceptors (Lipinski definition) is 7. The van der Waals surface area contributed by atoms with Gasteiger partial charge in [0.1, 0.15) is 12.1 Å². The molecule has 2 saturated heterocycles. The molecule has 3 amide bonds. The fraction of sp³-hybridized carbons (Fsp3) is 0.444. The highest BCUT2D eigenvalue weighted by Gasteiger charge is 2.48. The summed E-state index contributed by atoms with van der Waals surface area (Å²) in [6.45, 7) is 4.75. The van der Waals surface area contributed by atoms with Crippen molar-refractivity contribution in [2.75, 3.05) is 37.6 Å². The third-order valence-corrected chi connectivity index (χ3v) is 4.80. The van der Waals surface area contributed by atoms with Gasteiger partial charge in [-0.05, 0) is 26.0 Å². The quantitative estimate of drug-likeness (QED) is 0.799. The molecule has 2 fully saturated rings. The summed E-state index contributed by atoms with van der Waals surface area (Å²) in [5.41, 5.74) is 0.294. The largest absolute Gasteiger partial charge is 0.433 e. The second kappa shape index (κ2) is 6.26. The van der Waals surface area contributed by atoms with E-state index >= 15 is 0 Å². The lowest BCUT2D eigenvalue weighted by atomic mass is 10.1. The van der Waals surface area contributed by atoms with E-state index in [1.54, 1.807) is 4.90 Å². The molecule has 27 heavy (non-hydrogen) atoms. The Hall–Kier alpha value is -3.10. The van der Waals surface area contributed by atoms with E-state index in [0.29, 0.717) is 32.2 Å². The molecule has 9 nitrogen and oxygen atoms in total. The molecule has 2 aliphatic heterocycles. The second-order valence-corrected chi connectivity index (χ2v) is 7.10. The average Bonchev–Trinajstić information content (AvgIpc) is 3.16. The normalized spacial score (nSPS) is 19.7. The Balaban J connectivity index is 1.37. The summed E-state index contributed by atoms with van der Waals surface area (Å²) in [4.78, 5) is 45.4. The van der Waals surface area contributed by atoms with Crippen LogP contribution < -0.4 is 4.90 Å². The van der Waals surface area contributed by atoms with Gasteiger partial charge >= 0.3 is 6.09 Å². The number of benzene rings is 1. The first kappa shape index (κ1) is 17.3. The first-order valence-electron chi connectivity index (χ1n) is 8.78. The van der Waals surface area contributed by atoms with Crippen molar-refractivity contribution in [2.24, 2.45) is 0 Å².